The predicted molar refractivity (Wildman–Crippen MR) is 59.0 cm³/mol. The molecule has 2 aliphatic rings. The van der Waals surface area contributed by atoms with Crippen LogP contribution in [-0.2, 0) is 0 Å². The molecule has 1 N–H and O–H groups in total. The van der Waals surface area contributed by atoms with Crippen molar-refractivity contribution in [3.05, 3.63) is 0 Å². The van der Waals surface area contributed by atoms with Crippen LogP contribution in [0.15, 0.2) is 0 Å². The first kappa shape index (κ1) is 10.0. The minimum Gasteiger partial charge on any atom is -0.309 e. The first-order valence-electron chi connectivity index (χ1n) is 5.75. The molecule has 0 spiro atoms. The standard InChI is InChI=1S/C12H20N2/c1-3-5-10(2)13-11-7-9-14-8-4-6-12(11)14/h1,10-13H,4-9H2,2H3. The first-order chi connectivity index (χ1) is 6.81. The average molecular weight is 192 g/mol. The normalized spacial score (nSPS) is 34.0. The highest BCUT2D eigenvalue weighted by Gasteiger charge is 2.37. The topological polar surface area (TPSA) is 15.3 Å². The second-order valence-corrected chi connectivity index (χ2v) is 4.62. The molecule has 3 unspecified atom stereocenters. The molecular weight excluding hydrogens is 172 g/mol. The number of nitrogens with zero attached hydrogens (tertiary/aromatic N) is 1. The molecule has 2 saturated heterocycles. The summed E-state index contributed by atoms with van der Waals surface area (Å²) in [5, 5.41) is 3.67. The molecule has 2 nitrogen and oxygen atoms in total. The van der Waals surface area contributed by atoms with Crippen molar-refractivity contribution in [1.29, 1.82) is 0 Å². The number of hydrogen-bond acceptors (Lipinski definition) is 2. The zero-order valence-electron chi connectivity index (χ0n) is 9.00. The Kier molecular flexibility index (Phi) is 3.10. The second kappa shape index (κ2) is 4.33. The zero-order valence-corrected chi connectivity index (χ0v) is 9.00. The summed E-state index contributed by atoms with van der Waals surface area (Å²) in [5.74, 6) is 2.73. The quantitative estimate of drug-likeness (QED) is 0.676. The van der Waals surface area contributed by atoms with Gasteiger partial charge >= 0.3 is 0 Å². The van der Waals surface area contributed by atoms with Gasteiger partial charge in [0, 0.05) is 31.1 Å². The molecular formula is C12H20N2. The van der Waals surface area contributed by atoms with E-state index in [1.807, 2.05) is 0 Å². The van der Waals surface area contributed by atoms with Gasteiger partial charge in [0.1, 0.15) is 0 Å². The summed E-state index contributed by atoms with van der Waals surface area (Å²) in [6.45, 7) is 4.79. The Bertz CT molecular complexity index is 231. The van der Waals surface area contributed by atoms with Crippen molar-refractivity contribution in [2.24, 2.45) is 0 Å². The monoisotopic (exact) mass is 192 g/mol. The highest BCUT2D eigenvalue weighted by molar-refractivity contribution is 4.98. The molecule has 0 radical (unpaired) electrons. The Morgan fingerprint density at radius 2 is 2.36 bits per heavy atom. The van der Waals surface area contributed by atoms with Crippen molar-refractivity contribution in [2.75, 3.05) is 13.1 Å². The molecule has 78 valence electrons. The maximum Gasteiger partial charge on any atom is 0.0250 e. The Morgan fingerprint density at radius 1 is 1.50 bits per heavy atom. The summed E-state index contributed by atoms with van der Waals surface area (Å²) in [5.41, 5.74) is 0. The molecule has 0 saturated carbocycles. The summed E-state index contributed by atoms with van der Waals surface area (Å²) < 4.78 is 0. The molecule has 2 fully saturated rings. The molecule has 2 rings (SSSR count). The molecule has 0 aliphatic carbocycles. The third kappa shape index (κ3) is 1.94. The Morgan fingerprint density at radius 3 is 3.14 bits per heavy atom. The molecule has 0 amide bonds. The number of rotatable bonds is 3. The van der Waals surface area contributed by atoms with Crippen molar-refractivity contribution in [3.8, 4) is 12.3 Å². The van der Waals surface area contributed by atoms with Crippen LogP contribution >= 0.6 is 0 Å². The van der Waals surface area contributed by atoms with E-state index < -0.39 is 0 Å². The van der Waals surface area contributed by atoms with Crippen LogP contribution in [0.25, 0.3) is 0 Å². The van der Waals surface area contributed by atoms with Crippen molar-refractivity contribution in [1.82, 2.24) is 10.2 Å². The minimum absolute atomic E-state index is 0.477. The third-order valence-electron chi connectivity index (χ3n) is 3.53. The molecule has 0 aromatic carbocycles. The van der Waals surface area contributed by atoms with Gasteiger partial charge in [-0.2, -0.15) is 0 Å². The van der Waals surface area contributed by atoms with Gasteiger partial charge in [-0.1, -0.05) is 0 Å². The van der Waals surface area contributed by atoms with Crippen LogP contribution in [0.3, 0.4) is 0 Å². The van der Waals surface area contributed by atoms with Gasteiger partial charge in [0.05, 0.1) is 0 Å². The zero-order chi connectivity index (χ0) is 9.97. The number of nitrogens with one attached hydrogen (secondary N) is 1. The lowest BCUT2D eigenvalue weighted by Gasteiger charge is -2.24. The molecule has 2 heteroatoms. The van der Waals surface area contributed by atoms with Crippen molar-refractivity contribution < 1.29 is 0 Å². The predicted octanol–water partition coefficient (Wildman–Crippen LogP) is 1.22. The van der Waals surface area contributed by atoms with Gasteiger partial charge in [-0.15, -0.1) is 12.3 Å². The molecule has 2 aliphatic heterocycles. The molecule has 2 heterocycles. The van der Waals surface area contributed by atoms with Crippen LogP contribution in [0.4, 0.5) is 0 Å². The van der Waals surface area contributed by atoms with E-state index in [1.165, 1.54) is 32.4 Å². The van der Waals surface area contributed by atoms with E-state index in [2.05, 4.69) is 23.1 Å². The van der Waals surface area contributed by atoms with Crippen molar-refractivity contribution >= 4 is 0 Å². The lowest BCUT2D eigenvalue weighted by Crippen LogP contribution is -2.43. The summed E-state index contributed by atoms with van der Waals surface area (Å²) >= 11 is 0. The smallest absolute Gasteiger partial charge is 0.0250 e. The average Bonchev–Trinajstić information content (AvgIpc) is 2.70. The molecule has 0 aromatic heterocycles. The fourth-order valence-electron chi connectivity index (χ4n) is 2.88. The Balaban J connectivity index is 1.84. The van der Waals surface area contributed by atoms with E-state index in [1.54, 1.807) is 0 Å². The lowest BCUT2D eigenvalue weighted by molar-refractivity contribution is 0.291. The van der Waals surface area contributed by atoms with Crippen molar-refractivity contribution in [2.45, 2.75) is 50.7 Å². The van der Waals surface area contributed by atoms with Gasteiger partial charge < -0.3 is 5.32 Å². The van der Waals surface area contributed by atoms with E-state index >= 15 is 0 Å². The second-order valence-electron chi connectivity index (χ2n) is 4.62. The SMILES string of the molecule is C#CCC(C)NC1CCN2CCCC12. The fraction of sp³-hybridized carbons (Fsp3) is 0.833. The summed E-state index contributed by atoms with van der Waals surface area (Å²) in [6, 6.07) is 1.97. The van der Waals surface area contributed by atoms with Crippen LogP contribution in [0, 0.1) is 12.3 Å². The van der Waals surface area contributed by atoms with E-state index in [9.17, 15) is 0 Å². The molecule has 0 bridgehead atoms. The first-order valence-corrected chi connectivity index (χ1v) is 5.75. The highest BCUT2D eigenvalue weighted by Crippen LogP contribution is 2.28. The molecule has 14 heavy (non-hydrogen) atoms. The van der Waals surface area contributed by atoms with Crippen LogP contribution in [0.5, 0.6) is 0 Å². The molecule has 0 aromatic rings. The van der Waals surface area contributed by atoms with Crippen LogP contribution in [0.2, 0.25) is 0 Å². The fourth-order valence-corrected chi connectivity index (χ4v) is 2.88. The van der Waals surface area contributed by atoms with Crippen LogP contribution in [-0.4, -0.2) is 36.1 Å². The molecule has 3 atom stereocenters. The van der Waals surface area contributed by atoms with E-state index in [0.29, 0.717) is 12.1 Å². The Hall–Kier alpha value is -0.520. The highest BCUT2D eigenvalue weighted by atomic mass is 15.2. The van der Waals surface area contributed by atoms with E-state index in [4.69, 9.17) is 6.42 Å². The summed E-state index contributed by atoms with van der Waals surface area (Å²) in [6.07, 6.45) is 10.2. The van der Waals surface area contributed by atoms with E-state index in [-0.39, 0.29) is 0 Å². The van der Waals surface area contributed by atoms with E-state index in [0.717, 1.165) is 12.5 Å². The van der Waals surface area contributed by atoms with Crippen LogP contribution in [0.1, 0.15) is 32.6 Å². The number of hydrogen-bond donors (Lipinski definition) is 1. The maximum atomic E-state index is 5.31. The lowest BCUT2D eigenvalue weighted by atomic mass is 10.1. The maximum absolute atomic E-state index is 5.31. The van der Waals surface area contributed by atoms with Gasteiger partial charge in [-0.05, 0) is 32.7 Å². The third-order valence-corrected chi connectivity index (χ3v) is 3.53. The summed E-state index contributed by atoms with van der Waals surface area (Å²) in [4.78, 5) is 2.63. The largest absolute Gasteiger partial charge is 0.309 e. The summed E-state index contributed by atoms with van der Waals surface area (Å²) in [7, 11) is 0. The minimum atomic E-state index is 0.477. The van der Waals surface area contributed by atoms with Gasteiger partial charge in [0.25, 0.3) is 0 Å². The van der Waals surface area contributed by atoms with Gasteiger partial charge in [-0.25, -0.2) is 0 Å². The van der Waals surface area contributed by atoms with Gasteiger partial charge in [-0.3, -0.25) is 4.90 Å². The number of fused-ring (bicyclic) bond motifs is 1. The van der Waals surface area contributed by atoms with Crippen molar-refractivity contribution in [3.63, 3.8) is 0 Å². The van der Waals surface area contributed by atoms with Crippen LogP contribution < -0.4 is 5.32 Å². The number of terminal acetylenes is 1. The Labute approximate surface area is 87.1 Å². The van der Waals surface area contributed by atoms with Gasteiger partial charge in [0.2, 0.25) is 0 Å². The van der Waals surface area contributed by atoms with Gasteiger partial charge in [0.15, 0.2) is 0 Å².